The van der Waals surface area contributed by atoms with Gasteiger partial charge >= 0.3 is 0 Å². The van der Waals surface area contributed by atoms with Crippen molar-refractivity contribution < 1.29 is 4.79 Å². The number of unbranched alkanes of at least 4 members (excludes halogenated alkanes) is 9. The summed E-state index contributed by atoms with van der Waals surface area (Å²) in [5.41, 5.74) is 0. The molecule has 0 aliphatic carbocycles. The molecule has 2 nitrogen and oxygen atoms in total. The monoisotopic (exact) mass is 291 g/mol. The number of hydrogen-bond donors (Lipinski definition) is 0. The second kappa shape index (κ2) is 17.8. The number of nitrogens with zero attached hydrogens (tertiary/aromatic N) is 1. The lowest BCUT2D eigenvalue weighted by molar-refractivity contribution is -0.126. The summed E-state index contributed by atoms with van der Waals surface area (Å²) in [6.07, 6.45) is 13.9. The molecule has 0 radical (unpaired) electrons. The Hall–Kier alpha value is -0.240. The van der Waals surface area contributed by atoms with E-state index in [-0.39, 0.29) is 5.91 Å². The zero-order valence-electron chi connectivity index (χ0n) is 13.5. The minimum Gasteiger partial charge on any atom is -0.349 e. The van der Waals surface area contributed by atoms with Crippen molar-refractivity contribution in [2.24, 2.45) is 0 Å². The van der Waals surface area contributed by atoms with Crippen LogP contribution in [0.1, 0.15) is 78.1 Å². The van der Waals surface area contributed by atoms with E-state index in [9.17, 15) is 4.79 Å². The topological polar surface area (TPSA) is 20.3 Å². The minimum absolute atomic E-state index is 0.0926. The van der Waals surface area contributed by atoms with Crippen LogP contribution in [0.15, 0.2) is 0 Å². The van der Waals surface area contributed by atoms with Crippen LogP contribution in [0.3, 0.4) is 0 Å². The second-order valence-electron chi connectivity index (χ2n) is 5.28. The van der Waals surface area contributed by atoms with Gasteiger partial charge in [0.15, 0.2) is 0 Å². The van der Waals surface area contributed by atoms with Crippen molar-refractivity contribution in [2.45, 2.75) is 78.1 Å². The molecule has 0 rings (SSSR count). The van der Waals surface area contributed by atoms with E-state index >= 15 is 0 Å². The van der Waals surface area contributed by atoms with Crippen LogP contribution in [0, 0.1) is 0 Å². The number of alkyl halides is 1. The molecule has 116 valence electrons. The van der Waals surface area contributed by atoms with Gasteiger partial charge in [-0.05, 0) is 6.42 Å². The molecule has 0 aromatic rings. The largest absolute Gasteiger partial charge is 0.349 e. The lowest BCUT2D eigenvalue weighted by Crippen LogP contribution is -2.17. The molecule has 0 heterocycles. The van der Waals surface area contributed by atoms with Crippen LogP contribution in [0.25, 0.3) is 0 Å². The van der Waals surface area contributed by atoms with Crippen LogP contribution >= 0.6 is 11.6 Å². The number of amides is 1. The Morgan fingerprint density at radius 1 is 0.842 bits per heavy atom. The Morgan fingerprint density at radius 3 is 1.42 bits per heavy atom. The summed E-state index contributed by atoms with van der Waals surface area (Å²) >= 11 is 5.60. The average Bonchev–Trinajstić information content (AvgIpc) is 2.37. The molecular weight excluding hydrogens is 258 g/mol. The molecular formula is C16H34ClNO. The third kappa shape index (κ3) is 23.3. The third-order valence-electron chi connectivity index (χ3n) is 3.12. The van der Waals surface area contributed by atoms with Crippen molar-refractivity contribution in [3.63, 3.8) is 0 Å². The Bertz CT molecular complexity index is 174. The standard InChI is InChI=1S/C12H25Cl.C4H9NO/c1-2-3-4-5-6-7-8-9-10-11-12-13;1-4(6)5(2)3/h2-12H2,1H3;1-3H3. The van der Waals surface area contributed by atoms with E-state index in [1.807, 2.05) is 0 Å². The van der Waals surface area contributed by atoms with Gasteiger partial charge in [-0.1, -0.05) is 64.7 Å². The number of carbonyl (C=O) groups is 1. The lowest BCUT2D eigenvalue weighted by atomic mass is 10.1. The first-order valence-electron chi connectivity index (χ1n) is 7.80. The van der Waals surface area contributed by atoms with E-state index < -0.39 is 0 Å². The molecule has 1 amide bonds. The predicted molar refractivity (Wildman–Crippen MR) is 86.9 cm³/mol. The van der Waals surface area contributed by atoms with Crippen molar-refractivity contribution in [1.82, 2.24) is 4.90 Å². The van der Waals surface area contributed by atoms with Crippen molar-refractivity contribution >= 4 is 17.5 Å². The van der Waals surface area contributed by atoms with Gasteiger partial charge in [-0.3, -0.25) is 4.79 Å². The van der Waals surface area contributed by atoms with Gasteiger partial charge in [0, 0.05) is 26.9 Å². The molecule has 0 saturated carbocycles. The molecule has 3 heteroatoms. The molecule has 0 aliphatic rings. The third-order valence-corrected chi connectivity index (χ3v) is 3.38. The van der Waals surface area contributed by atoms with Gasteiger partial charge in [-0.25, -0.2) is 0 Å². The van der Waals surface area contributed by atoms with E-state index in [1.54, 1.807) is 14.1 Å². The number of halogens is 1. The van der Waals surface area contributed by atoms with Gasteiger partial charge in [-0.2, -0.15) is 0 Å². The first-order chi connectivity index (χ1) is 9.06. The molecule has 0 aromatic heterocycles. The summed E-state index contributed by atoms with van der Waals surface area (Å²) in [6, 6.07) is 0. The highest BCUT2D eigenvalue weighted by Crippen LogP contribution is 2.10. The highest BCUT2D eigenvalue weighted by Gasteiger charge is 1.91. The predicted octanol–water partition coefficient (Wildman–Crippen LogP) is 5.24. The summed E-state index contributed by atoms with van der Waals surface area (Å²) < 4.78 is 0. The minimum atomic E-state index is 0.0926. The van der Waals surface area contributed by atoms with Crippen LogP contribution in [-0.4, -0.2) is 30.8 Å². The van der Waals surface area contributed by atoms with E-state index in [0.29, 0.717) is 0 Å². The molecule has 0 bridgehead atoms. The first kappa shape index (κ1) is 21.1. The molecule has 0 aromatic carbocycles. The van der Waals surface area contributed by atoms with Crippen molar-refractivity contribution in [2.75, 3.05) is 20.0 Å². The normalized spacial score (nSPS) is 9.74. The molecule has 0 atom stereocenters. The number of hydrogen-bond acceptors (Lipinski definition) is 1. The van der Waals surface area contributed by atoms with E-state index in [2.05, 4.69) is 6.92 Å². The van der Waals surface area contributed by atoms with Crippen LogP contribution in [0.4, 0.5) is 0 Å². The highest BCUT2D eigenvalue weighted by atomic mass is 35.5. The Labute approximate surface area is 125 Å². The SMILES string of the molecule is CC(=O)N(C)C.CCCCCCCCCCCCCl. The van der Waals surface area contributed by atoms with Crippen LogP contribution in [-0.2, 0) is 4.79 Å². The van der Waals surface area contributed by atoms with Crippen molar-refractivity contribution in [3.05, 3.63) is 0 Å². The highest BCUT2D eigenvalue weighted by molar-refractivity contribution is 6.17. The van der Waals surface area contributed by atoms with Gasteiger partial charge in [0.25, 0.3) is 0 Å². The lowest BCUT2D eigenvalue weighted by Gasteiger charge is -2.02. The Balaban J connectivity index is 0. The Kier molecular flexibility index (Phi) is 19.7. The molecule has 0 aliphatic heterocycles. The summed E-state index contributed by atoms with van der Waals surface area (Å²) in [4.78, 5) is 11.6. The fraction of sp³-hybridized carbons (Fsp3) is 0.938. The maximum absolute atomic E-state index is 10.1. The van der Waals surface area contributed by atoms with Crippen LogP contribution in [0.2, 0.25) is 0 Å². The van der Waals surface area contributed by atoms with Gasteiger partial charge in [0.05, 0.1) is 0 Å². The molecule has 0 saturated heterocycles. The maximum atomic E-state index is 10.1. The Morgan fingerprint density at radius 2 is 1.16 bits per heavy atom. The first-order valence-corrected chi connectivity index (χ1v) is 8.33. The summed E-state index contributed by atoms with van der Waals surface area (Å²) in [7, 11) is 3.45. The van der Waals surface area contributed by atoms with Gasteiger partial charge in [0.1, 0.15) is 0 Å². The van der Waals surface area contributed by atoms with Gasteiger partial charge < -0.3 is 4.90 Å². The molecule has 19 heavy (non-hydrogen) atoms. The fourth-order valence-electron chi connectivity index (χ4n) is 1.58. The summed E-state index contributed by atoms with van der Waals surface area (Å²) in [6.45, 7) is 3.80. The average molecular weight is 292 g/mol. The second-order valence-corrected chi connectivity index (χ2v) is 5.66. The van der Waals surface area contributed by atoms with E-state index in [1.165, 1.54) is 76.0 Å². The van der Waals surface area contributed by atoms with E-state index in [4.69, 9.17) is 11.6 Å². The number of rotatable bonds is 10. The molecule has 0 unspecified atom stereocenters. The van der Waals surface area contributed by atoms with Crippen molar-refractivity contribution in [3.8, 4) is 0 Å². The zero-order chi connectivity index (χ0) is 14.9. The van der Waals surface area contributed by atoms with Crippen LogP contribution in [0.5, 0.6) is 0 Å². The smallest absolute Gasteiger partial charge is 0.218 e. The quantitative estimate of drug-likeness (QED) is 0.398. The molecule has 0 spiro atoms. The maximum Gasteiger partial charge on any atom is 0.218 e. The van der Waals surface area contributed by atoms with E-state index in [0.717, 1.165) is 5.88 Å². The van der Waals surface area contributed by atoms with Gasteiger partial charge in [0.2, 0.25) is 5.91 Å². The number of carbonyl (C=O) groups excluding carboxylic acids is 1. The summed E-state index contributed by atoms with van der Waals surface area (Å²) in [5.74, 6) is 0.936. The fourth-order valence-corrected chi connectivity index (χ4v) is 1.77. The molecule has 0 fully saturated rings. The van der Waals surface area contributed by atoms with Gasteiger partial charge in [-0.15, -0.1) is 11.6 Å². The zero-order valence-corrected chi connectivity index (χ0v) is 14.3. The molecule has 0 N–H and O–H groups in total. The summed E-state index contributed by atoms with van der Waals surface area (Å²) in [5, 5.41) is 0. The van der Waals surface area contributed by atoms with Crippen molar-refractivity contribution in [1.29, 1.82) is 0 Å². The van der Waals surface area contributed by atoms with Crippen LogP contribution < -0.4 is 0 Å².